The fraction of sp³-hybridized carbons (Fsp3) is 0.345. The first-order valence-electron chi connectivity index (χ1n) is 11.4. The van der Waals surface area contributed by atoms with Gasteiger partial charge >= 0.3 is 6.09 Å². The van der Waals surface area contributed by atoms with Crippen LogP contribution in [-0.2, 0) is 11.2 Å². The maximum atomic E-state index is 12.6. The van der Waals surface area contributed by atoms with Gasteiger partial charge in [-0.1, -0.05) is 72.3 Å². The third kappa shape index (κ3) is 6.69. The molecule has 0 spiro atoms. The number of amides is 1. The van der Waals surface area contributed by atoms with Crippen molar-refractivity contribution in [2.24, 2.45) is 0 Å². The molecule has 0 bridgehead atoms. The SMILES string of the molecule is Cc1ccc(-c2ccc(C(O)C(Cc3ccccc3C)NC(=O)OC(C)(C)C)c(C)c2)cc1. The van der Waals surface area contributed by atoms with E-state index in [0.717, 1.165) is 33.4 Å². The summed E-state index contributed by atoms with van der Waals surface area (Å²) in [6.07, 6.45) is -0.926. The van der Waals surface area contributed by atoms with Crippen LogP contribution in [0.3, 0.4) is 0 Å². The van der Waals surface area contributed by atoms with Gasteiger partial charge in [-0.2, -0.15) is 0 Å². The molecule has 4 nitrogen and oxygen atoms in total. The standard InChI is InChI=1S/C29H35NO3/c1-19-11-13-22(14-12-19)24-15-16-25(21(3)17-24)27(31)26(30-28(32)33-29(4,5)6)18-23-10-8-7-9-20(23)2/h7-17,26-27,31H,18H2,1-6H3,(H,30,32). The molecular weight excluding hydrogens is 410 g/mol. The number of benzene rings is 3. The van der Waals surface area contributed by atoms with Gasteiger partial charge in [0.1, 0.15) is 5.60 Å². The number of carbonyl (C=O) groups is 1. The molecule has 0 aliphatic rings. The second kappa shape index (κ2) is 10.2. The number of aryl methyl sites for hydroxylation is 3. The van der Waals surface area contributed by atoms with Gasteiger partial charge in [-0.3, -0.25) is 0 Å². The molecule has 2 N–H and O–H groups in total. The number of aliphatic hydroxyl groups is 1. The van der Waals surface area contributed by atoms with E-state index in [1.165, 1.54) is 5.56 Å². The van der Waals surface area contributed by atoms with E-state index < -0.39 is 23.8 Å². The number of aliphatic hydroxyl groups excluding tert-OH is 1. The Balaban J connectivity index is 1.89. The molecule has 4 heteroatoms. The van der Waals surface area contributed by atoms with Crippen molar-refractivity contribution in [1.82, 2.24) is 5.32 Å². The zero-order valence-corrected chi connectivity index (χ0v) is 20.5. The average molecular weight is 446 g/mol. The first-order valence-corrected chi connectivity index (χ1v) is 11.4. The van der Waals surface area contributed by atoms with Gasteiger partial charge < -0.3 is 15.2 Å². The molecule has 0 saturated carbocycles. The average Bonchev–Trinajstić information content (AvgIpc) is 2.73. The van der Waals surface area contributed by atoms with E-state index in [9.17, 15) is 9.90 Å². The smallest absolute Gasteiger partial charge is 0.407 e. The van der Waals surface area contributed by atoms with E-state index in [-0.39, 0.29) is 0 Å². The van der Waals surface area contributed by atoms with Crippen LogP contribution in [-0.4, -0.2) is 22.8 Å². The molecule has 2 atom stereocenters. The maximum Gasteiger partial charge on any atom is 0.407 e. The molecular formula is C29H35NO3. The lowest BCUT2D eigenvalue weighted by molar-refractivity contribution is 0.0420. The quantitative estimate of drug-likeness (QED) is 0.458. The summed E-state index contributed by atoms with van der Waals surface area (Å²) in [7, 11) is 0. The van der Waals surface area contributed by atoms with E-state index >= 15 is 0 Å². The lowest BCUT2D eigenvalue weighted by Crippen LogP contribution is -2.43. The molecule has 0 aliphatic heterocycles. The van der Waals surface area contributed by atoms with Gasteiger partial charge in [-0.15, -0.1) is 0 Å². The zero-order valence-electron chi connectivity index (χ0n) is 20.5. The third-order valence-electron chi connectivity index (χ3n) is 5.76. The van der Waals surface area contributed by atoms with Crippen molar-refractivity contribution in [1.29, 1.82) is 0 Å². The van der Waals surface area contributed by atoms with Crippen LogP contribution in [0, 0.1) is 20.8 Å². The summed E-state index contributed by atoms with van der Waals surface area (Å²) in [5.41, 5.74) is 6.79. The third-order valence-corrected chi connectivity index (χ3v) is 5.76. The van der Waals surface area contributed by atoms with Gasteiger partial charge in [-0.25, -0.2) is 4.79 Å². The Morgan fingerprint density at radius 3 is 2.15 bits per heavy atom. The first-order chi connectivity index (χ1) is 15.5. The molecule has 0 aromatic heterocycles. The summed E-state index contributed by atoms with van der Waals surface area (Å²) in [6, 6.07) is 21.9. The molecule has 0 fully saturated rings. The summed E-state index contributed by atoms with van der Waals surface area (Å²) in [4.78, 5) is 12.6. The largest absolute Gasteiger partial charge is 0.444 e. The molecule has 1 amide bonds. The topological polar surface area (TPSA) is 58.6 Å². The lowest BCUT2D eigenvalue weighted by atomic mass is 9.90. The van der Waals surface area contributed by atoms with Crippen molar-refractivity contribution in [2.75, 3.05) is 0 Å². The van der Waals surface area contributed by atoms with Crippen LogP contribution in [0.2, 0.25) is 0 Å². The van der Waals surface area contributed by atoms with E-state index in [4.69, 9.17) is 4.74 Å². The number of alkyl carbamates (subject to hydrolysis) is 1. The Hall–Kier alpha value is -3.11. The molecule has 174 valence electrons. The zero-order chi connectivity index (χ0) is 24.2. The second-order valence-electron chi connectivity index (χ2n) is 9.77. The van der Waals surface area contributed by atoms with Gasteiger partial charge in [0.2, 0.25) is 0 Å². The number of hydrogen-bond donors (Lipinski definition) is 2. The normalized spacial score (nSPS) is 13.3. The van der Waals surface area contributed by atoms with E-state index in [1.807, 2.05) is 71.0 Å². The predicted octanol–water partition coefficient (Wildman–Crippen LogP) is 6.45. The highest BCUT2D eigenvalue weighted by atomic mass is 16.6. The van der Waals surface area contributed by atoms with Crippen molar-refractivity contribution >= 4 is 6.09 Å². The van der Waals surface area contributed by atoms with Crippen LogP contribution in [0.5, 0.6) is 0 Å². The molecule has 0 heterocycles. The van der Waals surface area contributed by atoms with Gasteiger partial charge in [-0.05, 0) is 81.3 Å². The van der Waals surface area contributed by atoms with Crippen LogP contribution >= 0.6 is 0 Å². The molecule has 0 aliphatic carbocycles. The van der Waals surface area contributed by atoms with Crippen LogP contribution < -0.4 is 5.32 Å². The highest BCUT2D eigenvalue weighted by molar-refractivity contribution is 5.68. The molecule has 0 radical (unpaired) electrons. The number of carbonyl (C=O) groups excluding carboxylic acids is 1. The van der Waals surface area contributed by atoms with Crippen molar-refractivity contribution in [3.8, 4) is 11.1 Å². The number of hydrogen-bond acceptors (Lipinski definition) is 3. The van der Waals surface area contributed by atoms with Gasteiger partial charge in [0.05, 0.1) is 12.1 Å². The Morgan fingerprint density at radius 1 is 0.909 bits per heavy atom. The van der Waals surface area contributed by atoms with Gasteiger partial charge in [0, 0.05) is 0 Å². The van der Waals surface area contributed by atoms with Gasteiger partial charge in [0.15, 0.2) is 0 Å². The summed E-state index contributed by atoms with van der Waals surface area (Å²) < 4.78 is 5.48. The van der Waals surface area contributed by atoms with Crippen molar-refractivity contribution in [2.45, 2.75) is 65.7 Å². The van der Waals surface area contributed by atoms with Gasteiger partial charge in [0.25, 0.3) is 0 Å². The molecule has 33 heavy (non-hydrogen) atoms. The summed E-state index contributed by atoms with van der Waals surface area (Å²) in [5, 5.41) is 14.3. The Labute approximate surface area is 197 Å². The minimum atomic E-state index is -0.885. The van der Waals surface area contributed by atoms with E-state index in [0.29, 0.717) is 6.42 Å². The Kier molecular flexibility index (Phi) is 7.60. The fourth-order valence-electron chi connectivity index (χ4n) is 3.93. The van der Waals surface area contributed by atoms with Crippen molar-refractivity contribution in [3.63, 3.8) is 0 Å². The monoisotopic (exact) mass is 445 g/mol. The minimum Gasteiger partial charge on any atom is -0.444 e. The maximum absolute atomic E-state index is 12.6. The number of rotatable bonds is 6. The van der Waals surface area contributed by atoms with Crippen LogP contribution in [0.15, 0.2) is 66.7 Å². The highest BCUT2D eigenvalue weighted by Crippen LogP contribution is 2.29. The summed E-state index contributed by atoms with van der Waals surface area (Å²) in [5.74, 6) is 0. The molecule has 3 aromatic carbocycles. The summed E-state index contributed by atoms with van der Waals surface area (Å²) in [6.45, 7) is 11.6. The molecule has 3 aromatic rings. The van der Waals surface area contributed by atoms with Crippen LogP contribution in [0.25, 0.3) is 11.1 Å². The first kappa shape index (κ1) is 24.5. The number of nitrogens with one attached hydrogen (secondary N) is 1. The minimum absolute atomic E-state index is 0.492. The van der Waals surface area contributed by atoms with E-state index in [2.05, 4.69) is 42.6 Å². The van der Waals surface area contributed by atoms with Crippen molar-refractivity contribution in [3.05, 3.63) is 94.5 Å². The predicted molar refractivity (Wildman–Crippen MR) is 134 cm³/mol. The molecule has 0 saturated heterocycles. The second-order valence-corrected chi connectivity index (χ2v) is 9.77. The van der Waals surface area contributed by atoms with E-state index in [1.54, 1.807) is 0 Å². The Bertz CT molecular complexity index is 1100. The highest BCUT2D eigenvalue weighted by Gasteiger charge is 2.27. The molecule has 2 unspecified atom stereocenters. The van der Waals surface area contributed by atoms with Crippen molar-refractivity contribution < 1.29 is 14.6 Å². The molecule has 3 rings (SSSR count). The van der Waals surface area contributed by atoms with Crippen LogP contribution in [0.4, 0.5) is 4.79 Å². The lowest BCUT2D eigenvalue weighted by Gasteiger charge is -2.28. The Morgan fingerprint density at radius 2 is 1.55 bits per heavy atom. The summed E-state index contributed by atoms with van der Waals surface area (Å²) >= 11 is 0. The number of ether oxygens (including phenoxy) is 1. The van der Waals surface area contributed by atoms with Crippen LogP contribution in [0.1, 0.15) is 54.7 Å². The fourth-order valence-corrected chi connectivity index (χ4v) is 3.93.